The number of hydrogen-bond acceptors (Lipinski definition) is 6. The highest BCUT2D eigenvalue weighted by atomic mass is 79.9. The van der Waals surface area contributed by atoms with Crippen molar-refractivity contribution < 1.29 is 9.53 Å². The summed E-state index contributed by atoms with van der Waals surface area (Å²) in [5, 5.41) is 15.9. The fourth-order valence-corrected chi connectivity index (χ4v) is 4.03. The van der Waals surface area contributed by atoms with Crippen LogP contribution in [0.4, 0.5) is 0 Å². The van der Waals surface area contributed by atoms with E-state index in [1.807, 2.05) is 36.4 Å². The summed E-state index contributed by atoms with van der Waals surface area (Å²) in [5.74, 6) is 0.405. The van der Waals surface area contributed by atoms with Crippen LogP contribution in [0.3, 0.4) is 0 Å². The SMILES string of the molecule is CCCC(NC(=O)C(C#N)=Cc1cccc(Br)n1)c1ccc(OCCN2CCNCC2)cc1. The van der Waals surface area contributed by atoms with Crippen LogP contribution in [0.25, 0.3) is 6.08 Å². The van der Waals surface area contributed by atoms with Crippen LogP contribution in [0, 0.1) is 11.3 Å². The molecule has 1 fully saturated rings. The molecule has 174 valence electrons. The molecule has 7 nitrogen and oxygen atoms in total. The van der Waals surface area contributed by atoms with E-state index in [0.29, 0.717) is 16.9 Å². The number of pyridine rings is 1. The summed E-state index contributed by atoms with van der Waals surface area (Å²) in [6.45, 7) is 7.79. The molecule has 0 spiro atoms. The second-order valence-electron chi connectivity index (χ2n) is 7.88. The summed E-state index contributed by atoms with van der Waals surface area (Å²) in [4.78, 5) is 19.5. The highest BCUT2D eigenvalue weighted by Gasteiger charge is 2.17. The average Bonchev–Trinajstić information content (AvgIpc) is 2.83. The van der Waals surface area contributed by atoms with E-state index in [2.05, 4.69) is 43.4 Å². The van der Waals surface area contributed by atoms with Crippen LogP contribution in [0.1, 0.15) is 37.1 Å². The Hall–Kier alpha value is -2.73. The summed E-state index contributed by atoms with van der Waals surface area (Å²) >= 11 is 3.31. The van der Waals surface area contributed by atoms with E-state index in [1.165, 1.54) is 6.08 Å². The highest BCUT2D eigenvalue weighted by Crippen LogP contribution is 2.22. The standard InChI is InChI=1S/C25H30BrN5O2/c1-2-4-23(30-25(32)20(18-27)17-21-5-3-6-24(26)29-21)19-7-9-22(10-8-19)33-16-15-31-13-11-28-12-14-31/h3,5-10,17,23,28H,2,4,11-16H2,1H3,(H,30,32). The first-order valence-electron chi connectivity index (χ1n) is 11.3. The fourth-order valence-electron chi connectivity index (χ4n) is 3.67. The molecule has 1 aliphatic rings. The molecule has 1 amide bonds. The van der Waals surface area contributed by atoms with Gasteiger partial charge in [-0.25, -0.2) is 4.98 Å². The lowest BCUT2D eigenvalue weighted by Gasteiger charge is -2.27. The summed E-state index contributed by atoms with van der Waals surface area (Å²) in [6, 6.07) is 15.0. The Morgan fingerprint density at radius 2 is 2.06 bits per heavy atom. The van der Waals surface area contributed by atoms with Crippen LogP contribution in [-0.4, -0.2) is 55.1 Å². The highest BCUT2D eigenvalue weighted by molar-refractivity contribution is 9.10. The third-order valence-electron chi connectivity index (χ3n) is 5.44. The van der Waals surface area contributed by atoms with Crippen LogP contribution in [0.5, 0.6) is 5.75 Å². The predicted octanol–water partition coefficient (Wildman–Crippen LogP) is 3.69. The van der Waals surface area contributed by atoms with Gasteiger partial charge in [-0.15, -0.1) is 0 Å². The van der Waals surface area contributed by atoms with Gasteiger partial charge in [0.05, 0.1) is 11.7 Å². The van der Waals surface area contributed by atoms with E-state index in [1.54, 1.807) is 12.1 Å². The van der Waals surface area contributed by atoms with Crippen molar-refractivity contribution in [3.05, 3.63) is 63.9 Å². The number of rotatable bonds is 10. The number of nitrogens with one attached hydrogen (secondary N) is 2. The number of hydrogen-bond donors (Lipinski definition) is 2. The molecule has 1 aromatic carbocycles. The number of ether oxygens (including phenoxy) is 1. The molecule has 2 aromatic rings. The Morgan fingerprint density at radius 1 is 1.30 bits per heavy atom. The van der Waals surface area contributed by atoms with Gasteiger partial charge in [0.15, 0.2) is 0 Å². The number of piperazine rings is 1. The van der Waals surface area contributed by atoms with Crippen LogP contribution in [0.2, 0.25) is 0 Å². The molecule has 33 heavy (non-hydrogen) atoms. The van der Waals surface area contributed by atoms with Crippen LogP contribution >= 0.6 is 15.9 Å². The van der Waals surface area contributed by atoms with Crippen molar-refractivity contribution in [3.8, 4) is 11.8 Å². The van der Waals surface area contributed by atoms with E-state index in [-0.39, 0.29) is 11.6 Å². The van der Waals surface area contributed by atoms with Crippen LogP contribution in [0.15, 0.2) is 52.6 Å². The second kappa shape index (κ2) is 13.1. The number of carbonyl (C=O) groups is 1. The molecule has 1 atom stereocenters. The Morgan fingerprint density at radius 3 is 2.73 bits per heavy atom. The molecule has 2 N–H and O–H groups in total. The number of nitriles is 1. The molecule has 1 aromatic heterocycles. The molecule has 0 radical (unpaired) electrons. The molecule has 1 unspecified atom stereocenters. The van der Waals surface area contributed by atoms with Crippen molar-refractivity contribution in [2.45, 2.75) is 25.8 Å². The Balaban J connectivity index is 1.60. The predicted molar refractivity (Wildman–Crippen MR) is 133 cm³/mol. The Kier molecular flexibility index (Phi) is 9.88. The number of amides is 1. The molecule has 1 aliphatic heterocycles. The van der Waals surface area contributed by atoms with Gasteiger partial charge in [-0.1, -0.05) is 31.5 Å². The number of aromatic nitrogens is 1. The smallest absolute Gasteiger partial charge is 0.262 e. The first-order valence-corrected chi connectivity index (χ1v) is 12.1. The van der Waals surface area contributed by atoms with Gasteiger partial charge < -0.3 is 15.4 Å². The lowest BCUT2D eigenvalue weighted by Crippen LogP contribution is -2.44. The molecule has 8 heteroatoms. The molecule has 0 aliphatic carbocycles. The number of benzene rings is 1. The first-order chi connectivity index (χ1) is 16.1. The van der Waals surface area contributed by atoms with Crippen LogP contribution < -0.4 is 15.4 Å². The molecule has 3 rings (SSSR count). The monoisotopic (exact) mass is 511 g/mol. The molecule has 0 saturated carbocycles. The van der Waals surface area contributed by atoms with Gasteiger partial charge in [0.25, 0.3) is 5.91 Å². The van der Waals surface area contributed by atoms with E-state index in [9.17, 15) is 10.1 Å². The van der Waals surface area contributed by atoms with E-state index in [4.69, 9.17) is 4.74 Å². The zero-order valence-electron chi connectivity index (χ0n) is 18.9. The summed E-state index contributed by atoms with van der Waals surface area (Å²) < 4.78 is 6.55. The lowest BCUT2D eigenvalue weighted by molar-refractivity contribution is -0.117. The average molecular weight is 512 g/mol. The minimum absolute atomic E-state index is 0.0227. The zero-order chi connectivity index (χ0) is 23.5. The van der Waals surface area contributed by atoms with Crippen molar-refractivity contribution >= 4 is 27.9 Å². The third kappa shape index (κ3) is 7.97. The largest absolute Gasteiger partial charge is 0.492 e. The maximum absolute atomic E-state index is 12.8. The topological polar surface area (TPSA) is 90.3 Å². The maximum Gasteiger partial charge on any atom is 0.262 e. The number of halogens is 1. The Bertz CT molecular complexity index is 981. The minimum atomic E-state index is -0.408. The van der Waals surface area contributed by atoms with Crippen LogP contribution in [-0.2, 0) is 4.79 Å². The van der Waals surface area contributed by atoms with Crippen molar-refractivity contribution in [1.82, 2.24) is 20.5 Å². The van der Waals surface area contributed by atoms with Gasteiger partial charge in [0.1, 0.15) is 28.6 Å². The van der Waals surface area contributed by atoms with E-state index >= 15 is 0 Å². The van der Waals surface area contributed by atoms with E-state index in [0.717, 1.165) is 56.9 Å². The van der Waals surface area contributed by atoms with Gasteiger partial charge >= 0.3 is 0 Å². The molecular weight excluding hydrogens is 482 g/mol. The third-order valence-corrected chi connectivity index (χ3v) is 5.89. The number of nitrogens with zero attached hydrogens (tertiary/aromatic N) is 3. The van der Waals surface area contributed by atoms with E-state index < -0.39 is 5.91 Å². The van der Waals surface area contributed by atoms with Crippen molar-refractivity contribution in [2.24, 2.45) is 0 Å². The van der Waals surface area contributed by atoms with Gasteiger partial charge in [-0.2, -0.15) is 5.26 Å². The fraction of sp³-hybridized carbons (Fsp3) is 0.400. The quantitative estimate of drug-likeness (QED) is 0.287. The zero-order valence-corrected chi connectivity index (χ0v) is 20.5. The van der Waals surface area contributed by atoms with Crippen molar-refractivity contribution in [1.29, 1.82) is 5.26 Å². The summed E-state index contributed by atoms with van der Waals surface area (Å²) in [7, 11) is 0. The summed E-state index contributed by atoms with van der Waals surface area (Å²) in [5.41, 5.74) is 1.55. The van der Waals surface area contributed by atoms with Crippen molar-refractivity contribution in [3.63, 3.8) is 0 Å². The minimum Gasteiger partial charge on any atom is -0.492 e. The maximum atomic E-state index is 12.8. The Labute approximate surface area is 204 Å². The molecule has 2 heterocycles. The van der Waals surface area contributed by atoms with Gasteiger partial charge in [0, 0.05) is 32.7 Å². The normalized spacial score (nSPS) is 15.5. The van der Waals surface area contributed by atoms with Gasteiger partial charge in [-0.3, -0.25) is 9.69 Å². The second-order valence-corrected chi connectivity index (χ2v) is 8.69. The van der Waals surface area contributed by atoms with Gasteiger partial charge in [-0.05, 0) is 58.3 Å². The molecule has 0 bridgehead atoms. The summed E-state index contributed by atoms with van der Waals surface area (Å²) in [6.07, 6.45) is 3.16. The lowest BCUT2D eigenvalue weighted by atomic mass is 10.0. The molecular formula is C25H30BrN5O2. The number of carbonyl (C=O) groups excluding carboxylic acids is 1. The van der Waals surface area contributed by atoms with Gasteiger partial charge in [0.2, 0.25) is 0 Å². The first kappa shape index (κ1) is 24.9. The molecule has 1 saturated heterocycles. The van der Waals surface area contributed by atoms with Crippen molar-refractivity contribution in [2.75, 3.05) is 39.3 Å².